The van der Waals surface area contributed by atoms with Crippen LogP contribution in [-0.2, 0) is 0 Å². The van der Waals surface area contributed by atoms with Crippen LogP contribution in [0.25, 0.3) is 0 Å². The average molecular weight is 134 g/mol. The SMILES string of the molecule is [B]c1cc(O)c(C)cc1O. The molecule has 3 heteroatoms. The van der Waals surface area contributed by atoms with Gasteiger partial charge in [-0.2, -0.15) is 0 Å². The van der Waals surface area contributed by atoms with Crippen LogP contribution in [0.3, 0.4) is 0 Å². The van der Waals surface area contributed by atoms with E-state index in [0.717, 1.165) is 0 Å². The lowest BCUT2D eigenvalue weighted by Gasteiger charge is -2.02. The van der Waals surface area contributed by atoms with Crippen LogP contribution < -0.4 is 5.46 Å². The lowest BCUT2D eigenvalue weighted by molar-refractivity contribution is 0.460. The Labute approximate surface area is 60.5 Å². The summed E-state index contributed by atoms with van der Waals surface area (Å²) in [6, 6.07) is 2.75. The van der Waals surface area contributed by atoms with Crippen molar-refractivity contribution in [2.24, 2.45) is 0 Å². The number of phenolic OH excluding ortho intramolecular Hbond substituents is 2. The quantitative estimate of drug-likeness (QED) is 0.393. The summed E-state index contributed by atoms with van der Waals surface area (Å²) in [5, 5.41) is 18.0. The van der Waals surface area contributed by atoms with Crippen molar-refractivity contribution in [2.75, 3.05) is 0 Å². The molecule has 0 aromatic heterocycles. The fraction of sp³-hybridized carbons (Fsp3) is 0.143. The minimum atomic E-state index is 0.00954. The zero-order valence-electron chi connectivity index (χ0n) is 5.63. The predicted octanol–water partition coefficient (Wildman–Crippen LogP) is 0.200. The van der Waals surface area contributed by atoms with Gasteiger partial charge < -0.3 is 10.2 Å². The third-order valence-corrected chi connectivity index (χ3v) is 1.35. The maximum absolute atomic E-state index is 9.03. The van der Waals surface area contributed by atoms with Crippen molar-refractivity contribution in [3.8, 4) is 11.5 Å². The molecule has 1 aromatic rings. The number of aromatic hydroxyl groups is 2. The van der Waals surface area contributed by atoms with Gasteiger partial charge in [0, 0.05) is 0 Å². The summed E-state index contributed by atoms with van der Waals surface area (Å²) in [5.74, 6) is 0.116. The van der Waals surface area contributed by atoms with Crippen LogP contribution in [0.4, 0.5) is 0 Å². The van der Waals surface area contributed by atoms with E-state index < -0.39 is 0 Å². The van der Waals surface area contributed by atoms with Gasteiger partial charge in [0.2, 0.25) is 0 Å². The van der Waals surface area contributed by atoms with Gasteiger partial charge >= 0.3 is 0 Å². The standard InChI is InChI=1S/C7H7BO2/c1-4-2-7(10)5(8)3-6(4)9/h2-3,9-10H,1H3. The van der Waals surface area contributed by atoms with Gasteiger partial charge in [0.15, 0.2) is 0 Å². The van der Waals surface area contributed by atoms with Crippen LogP contribution >= 0.6 is 0 Å². The third-order valence-electron chi connectivity index (χ3n) is 1.35. The van der Waals surface area contributed by atoms with Crippen molar-refractivity contribution in [3.05, 3.63) is 17.7 Å². The Balaban J connectivity index is 3.28. The number of hydrogen-bond acceptors (Lipinski definition) is 2. The Hall–Kier alpha value is -1.12. The second-order valence-electron chi connectivity index (χ2n) is 2.20. The molecule has 2 nitrogen and oxygen atoms in total. The first-order valence-corrected chi connectivity index (χ1v) is 2.89. The normalized spacial score (nSPS) is 9.70. The number of aryl methyl sites for hydroxylation is 1. The molecule has 0 aliphatic carbocycles. The molecule has 0 amide bonds. The van der Waals surface area contributed by atoms with E-state index in [0.29, 0.717) is 5.56 Å². The molecular weight excluding hydrogens is 127 g/mol. The van der Waals surface area contributed by atoms with Crippen LogP contribution in [-0.4, -0.2) is 18.1 Å². The average Bonchev–Trinajstić information content (AvgIpc) is 1.84. The summed E-state index contributed by atoms with van der Waals surface area (Å²) in [5.41, 5.74) is 0.815. The zero-order chi connectivity index (χ0) is 7.72. The summed E-state index contributed by atoms with van der Waals surface area (Å²) in [6.07, 6.45) is 0. The van der Waals surface area contributed by atoms with E-state index in [1.807, 2.05) is 0 Å². The molecule has 0 heterocycles. The molecule has 0 unspecified atom stereocenters. The highest BCUT2D eigenvalue weighted by Gasteiger charge is 1.99. The van der Waals surface area contributed by atoms with Crippen LogP contribution in [0.5, 0.6) is 11.5 Å². The topological polar surface area (TPSA) is 40.5 Å². The molecule has 1 rings (SSSR count). The van der Waals surface area contributed by atoms with E-state index >= 15 is 0 Å². The molecule has 0 fully saturated rings. The lowest BCUT2D eigenvalue weighted by Crippen LogP contribution is -2.01. The largest absolute Gasteiger partial charge is 0.509 e. The van der Waals surface area contributed by atoms with E-state index in [9.17, 15) is 0 Å². The van der Waals surface area contributed by atoms with Crippen LogP contribution in [0.2, 0.25) is 0 Å². The van der Waals surface area contributed by atoms with E-state index in [1.165, 1.54) is 12.1 Å². The number of benzene rings is 1. The van der Waals surface area contributed by atoms with Gasteiger partial charge in [-0.15, -0.1) is 0 Å². The minimum absolute atomic E-state index is 0.00954. The molecular formula is C7H7BO2. The fourth-order valence-corrected chi connectivity index (χ4v) is 0.697. The highest BCUT2D eigenvalue weighted by Crippen LogP contribution is 2.17. The second kappa shape index (κ2) is 2.25. The molecule has 2 radical (unpaired) electrons. The zero-order valence-corrected chi connectivity index (χ0v) is 5.63. The predicted molar refractivity (Wildman–Crippen MR) is 39.9 cm³/mol. The van der Waals surface area contributed by atoms with Gasteiger partial charge in [0.05, 0.1) is 0 Å². The van der Waals surface area contributed by atoms with Crippen molar-refractivity contribution in [2.45, 2.75) is 6.92 Å². The Morgan fingerprint density at radius 2 is 1.80 bits per heavy atom. The summed E-state index contributed by atoms with van der Waals surface area (Å²) in [6.45, 7) is 1.69. The molecule has 2 N–H and O–H groups in total. The molecule has 0 saturated carbocycles. The Bertz CT molecular complexity index is 208. The Kier molecular flexibility index (Phi) is 1.58. The van der Waals surface area contributed by atoms with Crippen molar-refractivity contribution in [1.82, 2.24) is 0 Å². The number of hydrogen-bond donors (Lipinski definition) is 2. The van der Waals surface area contributed by atoms with Gasteiger partial charge in [-0.05, 0) is 24.6 Å². The van der Waals surface area contributed by atoms with Crippen LogP contribution in [0.15, 0.2) is 12.1 Å². The van der Waals surface area contributed by atoms with E-state index in [2.05, 4.69) is 0 Å². The summed E-state index contributed by atoms with van der Waals surface area (Å²) in [4.78, 5) is 0. The molecule has 0 bridgehead atoms. The number of phenols is 2. The van der Waals surface area contributed by atoms with Gasteiger partial charge in [-0.25, -0.2) is 0 Å². The molecule has 0 atom stereocenters. The minimum Gasteiger partial charge on any atom is -0.509 e. The number of rotatable bonds is 0. The lowest BCUT2D eigenvalue weighted by atomic mass is 9.93. The molecule has 0 aliphatic rings. The van der Waals surface area contributed by atoms with E-state index in [4.69, 9.17) is 18.1 Å². The van der Waals surface area contributed by atoms with E-state index in [-0.39, 0.29) is 17.0 Å². The molecule has 10 heavy (non-hydrogen) atoms. The molecule has 50 valence electrons. The van der Waals surface area contributed by atoms with Crippen molar-refractivity contribution in [3.63, 3.8) is 0 Å². The molecule has 0 spiro atoms. The van der Waals surface area contributed by atoms with Gasteiger partial charge in [0.25, 0.3) is 0 Å². The maximum atomic E-state index is 9.03. The first-order valence-electron chi connectivity index (χ1n) is 2.89. The molecule has 1 aromatic carbocycles. The first-order chi connectivity index (χ1) is 4.61. The Morgan fingerprint density at radius 3 is 2.30 bits per heavy atom. The molecule has 0 saturated heterocycles. The smallest absolute Gasteiger partial charge is 0.119 e. The monoisotopic (exact) mass is 134 g/mol. The fourth-order valence-electron chi connectivity index (χ4n) is 0.697. The summed E-state index contributed by atoms with van der Waals surface area (Å²) >= 11 is 0. The van der Waals surface area contributed by atoms with Crippen molar-refractivity contribution < 1.29 is 10.2 Å². The van der Waals surface area contributed by atoms with E-state index in [1.54, 1.807) is 6.92 Å². The highest BCUT2D eigenvalue weighted by molar-refractivity contribution is 6.34. The second-order valence-corrected chi connectivity index (χ2v) is 2.20. The first kappa shape index (κ1) is 7.00. The van der Waals surface area contributed by atoms with Gasteiger partial charge in [-0.3, -0.25) is 0 Å². The summed E-state index contributed by atoms with van der Waals surface area (Å²) in [7, 11) is 5.28. The highest BCUT2D eigenvalue weighted by atomic mass is 16.3. The summed E-state index contributed by atoms with van der Waals surface area (Å²) < 4.78 is 0. The Morgan fingerprint density at radius 1 is 1.20 bits per heavy atom. The maximum Gasteiger partial charge on any atom is 0.119 e. The third kappa shape index (κ3) is 1.08. The molecule has 0 aliphatic heterocycles. The van der Waals surface area contributed by atoms with Gasteiger partial charge in [0.1, 0.15) is 19.3 Å². The van der Waals surface area contributed by atoms with Crippen LogP contribution in [0.1, 0.15) is 5.56 Å². The van der Waals surface area contributed by atoms with Crippen LogP contribution in [0, 0.1) is 6.92 Å². The van der Waals surface area contributed by atoms with Crippen molar-refractivity contribution in [1.29, 1.82) is 0 Å². The van der Waals surface area contributed by atoms with Crippen molar-refractivity contribution >= 4 is 13.3 Å². The van der Waals surface area contributed by atoms with Gasteiger partial charge in [-0.1, -0.05) is 5.46 Å².